The molecule has 3 N–H and O–H groups in total. The van der Waals surface area contributed by atoms with Gasteiger partial charge in [-0.15, -0.1) is 0 Å². The molecule has 2 aliphatic heterocycles. The highest BCUT2D eigenvalue weighted by molar-refractivity contribution is 9.09. The van der Waals surface area contributed by atoms with Gasteiger partial charge in [0, 0.05) is 12.6 Å². The van der Waals surface area contributed by atoms with Crippen molar-refractivity contribution in [3.8, 4) is 0 Å². The fraction of sp³-hybridized carbons (Fsp3) is 0.632. The van der Waals surface area contributed by atoms with Gasteiger partial charge in [0.05, 0.1) is 10.9 Å². The fourth-order valence-electron chi connectivity index (χ4n) is 3.79. The van der Waals surface area contributed by atoms with Crippen molar-refractivity contribution in [2.75, 3.05) is 19.6 Å². The van der Waals surface area contributed by atoms with Gasteiger partial charge in [-0.05, 0) is 37.4 Å². The van der Waals surface area contributed by atoms with Crippen LogP contribution in [0.15, 0.2) is 30.3 Å². The van der Waals surface area contributed by atoms with Gasteiger partial charge in [0.2, 0.25) is 5.91 Å². The Hall–Kier alpha value is -0.950. The van der Waals surface area contributed by atoms with Crippen molar-refractivity contribution in [2.24, 2.45) is 5.92 Å². The molecular weight excluding hydrogens is 380 g/mol. The van der Waals surface area contributed by atoms with Crippen LogP contribution in [0.3, 0.4) is 0 Å². The van der Waals surface area contributed by atoms with E-state index in [4.69, 9.17) is 0 Å². The summed E-state index contributed by atoms with van der Waals surface area (Å²) in [5, 5.41) is 3.18. The Morgan fingerprint density at radius 1 is 1.24 bits per heavy atom. The monoisotopic (exact) mass is 408 g/mol. The van der Waals surface area contributed by atoms with E-state index in [0.29, 0.717) is 12.5 Å². The minimum absolute atomic E-state index is 0.0534. The second-order valence-corrected chi connectivity index (χ2v) is 8.45. The van der Waals surface area contributed by atoms with Crippen molar-refractivity contribution in [2.45, 2.75) is 49.6 Å². The number of amides is 1. The van der Waals surface area contributed by atoms with E-state index in [1.165, 1.54) is 18.4 Å². The summed E-state index contributed by atoms with van der Waals surface area (Å²) in [5.74, 6) is 0.508. The predicted octanol–water partition coefficient (Wildman–Crippen LogP) is 2.20. The van der Waals surface area contributed by atoms with E-state index in [2.05, 4.69) is 75.1 Å². The van der Waals surface area contributed by atoms with Gasteiger partial charge in [-0.25, -0.2) is 5.43 Å². The quantitative estimate of drug-likeness (QED) is 0.631. The molecule has 0 spiro atoms. The molecule has 5 nitrogen and oxygen atoms in total. The van der Waals surface area contributed by atoms with Gasteiger partial charge in [0.15, 0.2) is 0 Å². The van der Waals surface area contributed by atoms with Crippen LogP contribution >= 0.6 is 15.9 Å². The van der Waals surface area contributed by atoms with Crippen molar-refractivity contribution >= 4 is 21.8 Å². The lowest BCUT2D eigenvalue weighted by Crippen LogP contribution is -2.48. The highest BCUT2D eigenvalue weighted by atomic mass is 79.9. The Labute approximate surface area is 159 Å². The third-order valence-corrected chi connectivity index (χ3v) is 6.40. The molecule has 1 aromatic rings. The highest BCUT2D eigenvalue weighted by Gasteiger charge is 2.39. The number of carbonyl (C=O) groups is 1. The zero-order valence-corrected chi connectivity index (χ0v) is 16.6. The molecule has 0 saturated carbocycles. The predicted molar refractivity (Wildman–Crippen MR) is 104 cm³/mol. The van der Waals surface area contributed by atoms with Crippen molar-refractivity contribution in [3.63, 3.8) is 0 Å². The van der Waals surface area contributed by atoms with Crippen LogP contribution in [-0.4, -0.2) is 47.4 Å². The van der Waals surface area contributed by atoms with E-state index in [1.54, 1.807) is 0 Å². The van der Waals surface area contributed by atoms with Crippen molar-refractivity contribution < 1.29 is 4.79 Å². The van der Waals surface area contributed by atoms with Crippen LogP contribution in [0.25, 0.3) is 0 Å². The van der Waals surface area contributed by atoms with Gasteiger partial charge in [-0.1, -0.05) is 60.1 Å². The minimum Gasteiger partial charge on any atom is -0.353 e. The Bertz CT molecular complexity index is 562. The summed E-state index contributed by atoms with van der Waals surface area (Å²) >= 11 is 3.69. The summed E-state index contributed by atoms with van der Waals surface area (Å²) in [6.07, 6.45) is 2.48. The molecular formula is C19H29BrN4O. The number of nitrogens with one attached hydrogen (secondary N) is 3. The molecule has 0 bridgehead atoms. The molecule has 4 unspecified atom stereocenters. The largest absolute Gasteiger partial charge is 0.353 e. The maximum Gasteiger partial charge on any atom is 0.239 e. The number of hydrazine groups is 1. The Kier molecular flexibility index (Phi) is 6.49. The fourth-order valence-corrected chi connectivity index (χ4v) is 4.91. The topological polar surface area (TPSA) is 56.4 Å². The summed E-state index contributed by atoms with van der Waals surface area (Å²) in [4.78, 5) is 15.3. The van der Waals surface area contributed by atoms with Gasteiger partial charge in [-0.3, -0.25) is 15.1 Å². The van der Waals surface area contributed by atoms with E-state index in [9.17, 15) is 4.79 Å². The highest BCUT2D eigenvalue weighted by Crippen LogP contribution is 2.25. The van der Waals surface area contributed by atoms with E-state index in [0.717, 1.165) is 13.1 Å². The summed E-state index contributed by atoms with van der Waals surface area (Å²) < 4.78 is 0. The summed E-state index contributed by atoms with van der Waals surface area (Å²) in [7, 11) is 0. The third kappa shape index (κ3) is 4.42. The number of likely N-dealkylation sites (tertiary alicyclic amines) is 1. The van der Waals surface area contributed by atoms with E-state index in [-0.39, 0.29) is 28.9 Å². The van der Waals surface area contributed by atoms with Crippen LogP contribution in [0.5, 0.6) is 0 Å². The van der Waals surface area contributed by atoms with Gasteiger partial charge < -0.3 is 5.32 Å². The minimum atomic E-state index is -0.248. The molecule has 1 amide bonds. The number of rotatable bonds is 6. The number of benzene rings is 1. The zero-order chi connectivity index (χ0) is 17.8. The normalized spacial score (nSPS) is 28.4. The summed E-state index contributed by atoms with van der Waals surface area (Å²) in [6, 6.07) is 10.8. The maximum atomic E-state index is 12.7. The first-order valence-corrected chi connectivity index (χ1v) is 10.2. The molecule has 3 rings (SSSR count). The molecule has 2 heterocycles. The van der Waals surface area contributed by atoms with E-state index < -0.39 is 0 Å². The smallest absolute Gasteiger partial charge is 0.239 e. The number of halogens is 1. The first kappa shape index (κ1) is 18.8. The molecule has 0 aliphatic carbocycles. The summed E-state index contributed by atoms with van der Waals surface area (Å²) in [5.41, 5.74) is 7.67. The molecule has 2 fully saturated rings. The molecule has 2 saturated heterocycles. The molecule has 0 radical (unpaired) electrons. The average Bonchev–Trinajstić information content (AvgIpc) is 3.25. The van der Waals surface area contributed by atoms with Crippen LogP contribution in [0, 0.1) is 5.92 Å². The first-order valence-electron chi connectivity index (χ1n) is 9.29. The van der Waals surface area contributed by atoms with Gasteiger partial charge >= 0.3 is 0 Å². The first-order chi connectivity index (χ1) is 12.1. The van der Waals surface area contributed by atoms with Crippen LogP contribution in [-0.2, 0) is 4.79 Å². The molecule has 2 aliphatic rings. The standard InChI is InChI=1S/C19H29BrN4O/c1-13(2)17-16(20)18(23-22-17)19(25)21-12-15(24-10-6-7-11-24)14-8-4-3-5-9-14/h3-5,8-9,13,15-18,22-23H,6-7,10-12H2,1-2H3,(H,21,25). The third-order valence-electron chi connectivity index (χ3n) is 5.30. The molecule has 4 atom stereocenters. The lowest BCUT2D eigenvalue weighted by Gasteiger charge is -2.29. The molecule has 138 valence electrons. The lowest BCUT2D eigenvalue weighted by atomic mass is 9.99. The number of carbonyl (C=O) groups excluding carboxylic acids is 1. The molecule has 6 heteroatoms. The maximum absolute atomic E-state index is 12.7. The SMILES string of the molecule is CC(C)C1NNC(C(=O)NCC(c2ccccc2)N2CCCC2)C1Br. The molecule has 25 heavy (non-hydrogen) atoms. The van der Waals surface area contributed by atoms with Crippen LogP contribution in [0.2, 0.25) is 0 Å². The zero-order valence-electron chi connectivity index (χ0n) is 15.0. The van der Waals surface area contributed by atoms with Crippen LogP contribution < -0.4 is 16.2 Å². The Morgan fingerprint density at radius 2 is 1.92 bits per heavy atom. The molecule has 1 aromatic carbocycles. The number of alkyl halides is 1. The van der Waals surface area contributed by atoms with Gasteiger partial charge in [0.1, 0.15) is 6.04 Å². The van der Waals surface area contributed by atoms with Gasteiger partial charge in [0.25, 0.3) is 0 Å². The Morgan fingerprint density at radius 3 is 2.52 bits per heavy atom. The second-order valence-electron chi connectivity index (χ2n) is 7.40. The van der Waals surface area contributed by atoms with E-state index in [1.807, 2.05) is 6.07 Å². The van der Waals surface area contributed by atoms with Crippen molar-refractivity contribution in [3.05, 3.63) is 35.9 Å². The van der Waals surface area contributed by atoms with Crippen molar-refractivity contribution in [1.29, 1.82) is 0 Å². The number of nitrogens with zero attached hydrogens (tertiary/aromatic N) is 1. The van der Waals surface area contributed by atoms with Crippen LogP contribution in [0.1, 0.15) is 38.3 Å². The lowest BCUT2D eigenvalue weighted by molar-refractivity contribution is -0.123. The second kappa shape index (κ2) is 8.62. The number of hydrogen-bond donors (Lipinski definition) is 3. The molecule has 0 aromatic heterocycles. The van der Waals surface area contributed by atoms with Gasteiger partial charge in [-0.2, -0.15) is 0 Å². The number of hydrogen-bond acceptors (Lipinski definition) is 4. The average molecular weight is 409 g/mol. The summed E-state index contributed by atoms with van der Waals surface area (Å²) in [6.45, 7) is 7.18. The Balaban J connectivity index is 1.62. The van der Waals surface area contributed by atoms with Crippen LogP contribution in [0.4, 0.5) is 0 Å². The van der Waals surface area contributed by atoms with Crippen molar-refractivity contribution in [1.82, 2.24) is 21.1 Å². The van der Waals surface area contributed by atoms with E-state index >= 15 is 0 Å².